The van der Waals surface area contributed by atoms with E-state index in [4.69, 9.17) is 15.0 Å². The van der Waals surface area contributed by atoms with Crippen molar-refractivity contribution in [3.63, 3.8) is 0 Å². The molecule has 92 valence electrons. The number of methoxy groups -OCH3 is 1. The fourth-order valence-corrected chi connectivity index (χ4v) is 1.25. The second kappa shape index (κ2) is 5.02. The first-order valence-corrected chi connectivity index (χ1v) is 5.21. The molecule has 2 aromatic heterocycles. The van der Waals surface area contributed by atoms with Gasteiger partial charge in [0.05, 0.1) is 12.7 Å². The van der Waals surface area contributed by atoms with Crippen LogP contribution in [-0.4, -0.2) is 38.8 Å². The Kier molecular flexibility index (Phi) is 3.45. The SMILES string of the molecule is COC(C)c1noc(-c2cn(CCN)nn2)n1. The summed E-state index contributed by atoms with van der Waals surface area (Å²) in [6, 6.07) is 0. The molecule has 0 aliphatic carbocycles. The van der Waals surface area contributed by atoms with Gasteiger partial charge in [-0.1, -0.05) is 10.4 Å². The van der Waals surface area contributed by atoms with E-state index in [0.717, 1.165) is 0 Å². The van der Waals surface area contributed by atoms with Gasteiger partial charge in [-0.3, -0.25) is 4.68 Å². The molecule has 0 fully saturated rings. The maximum atomic E-state index is 5.41. The van der Waals surface area contributed by atoms with Crippen LogP contribution in [0.25, 0.3) is 11.6 Å². The molecule has 0 aliphatic rings. The Morgan fingerprint density at radius 1 is 1.59 bits per heavy atom. The molecule has 17 heavy (non-hydrogen) atoms. The number of nitrogens with two attached hydrogens (primary N) is 1. The van der Waals surface area contributed by atoms with E-state index in [1.807, 2.05) is 6.92 Å². The van der Waals surface area contributed by atoms with Crippen molar-refractivity contribution in [2.45, 2.75) is 19.6 Å². The van der Waals surface area contributed by atoms with E-state index < -0.39 is 0 Å². The van der Waals surface area contributed by atoms with E-state index in [2.05, 4.69) is 20.5 Å². The number of ether oxygens (including phenoxy) is 1. The van der Waals surface area contributed by atoms with Crippen molar-refractivity contribution in [3.05, 3.63) is 12.0 Å². The molecule has 0 saturated carbocycles. The fourth-order valence-electron chi connectivity index (χ4n) is 1.25. The molecule has 1 unspecified atom stereocenters. The van der Waals surface area contributed by atoms with Crippen LogP contribution in [0.2, 0.25) is 0 Å². The van der Waals surface area contributed by atoms with Crippen LogP contribution in [0.4, 0.5) is 0 Å². The average molecular weight is 238 g/mol. The monoisotopic (exact) mass is 238 g/mol. The van der Waals surface area contributed by atoms with Gasteiger partial charge < -0.3 is 15.0 Å². The van der Waals surface area contributed by atoms with Crippen molar-refractivity contribution in [1.82, 2.24) is 25.1 Å². The predicted octanol–water partition coefficient (Wildman–Crippen LogP) is -0.00580. The Hall–Kier alpha value is -1.80. The van der Waals surface area contributed by atoms with Crippen molar-refractivity contribution in [1.29, 1.82) is 0 Å². The molecule has 0 aliphatic heterocycles. The van der Waals surface area contributed by atoms with E-state index in [9.17, 15) is 0 Å². The highest BCUT2D eigenvalue weighted by Gasteiger charge is 2.16. The van der Waals surface area contributed by atoms with Gasteiger partial charge in [-0.25, -0.2) is 0 Å². The summed E-state index contributed by atoms with van der Waals surface area (Å²) >= 11 is 0. The lowest BCUT2D eigenvalue weighted by Gasteiger charge is -2.00. The first-order chi connectivity index (χ1) is 8.24. The van der Waals surface area contributed by atoms with Gasteiger partial charge in [0.1, 0.15) is 6.10 Å². The Bertz CT molecular complexity index is 479. The van der Waals surface area contributed by atoms with E-state index in [1.54, 1.807) is 18.0 Å². The zero-order valence-electron chi connectivity index (χ0n) is 9.70. The molecule has 8 nitrogen and oxygen atoms in total. The highest BCUT2D eigenvalue weighted by molar-refractivity contribution is 5.43. The lowest BCUT2D eigenvalue weighted by atomic mass is 10.4. The summed E-state index contributed by atoms with van der Waals surface area (Å²) in [7, 11) is 1.58. The molecule has 2 N–H and O–H groups in total. The Balaban J connectivity index is 2.18. The molecule has 1 atom stereocenters. The zero-order chi connectivity index (χ0) is 12.3. The molecule has 0 spiro atoms. The average Bonchev–Trinajstić information content (AvgIpc) is 2.96. The molecule has 0 radical (unpaired) electrons. The molecule has 2 heterocycles. The van der Waals surface area contributed by atoms with Gasteiger partial charge >= 0.3 is 0 Å². The molecule has 0 bridgehead atoms. The van der Waals surface area contributed by atoms with Crippen LogP contribution in [-0.2, 0) is 11.3 Å². The molecule has 0 aromatic carbocycles. The van der Waals surface area contributed by atoms with Crippen LogP contribution in [0, 0.1) is 0 Å². The third-order valence-corrected chi connectivity index (χ3v) is 2.27. The topological polar surface area (TPSA) is 105 Å². The lowest BCUT2D eigenvalue weighted by molar-refractivity contribution is 0.109. The smallest absolute Gasteiger partial charge is 0.280 e. The standard InChI is InChI=1S/C9H14N6O2/c1-6(16-2)8-11-9(17-13-8)7-5-15(4-3-10)14-12-7/h5-6H,3-4,10H2,1-2H3. The minimum Gasteiger partial charge on any atom is -0.374 e. The number of rotatable bonds is 5. The zero-order valence-corrected chi connectivity index (χ0v) is 9.70. The Labute approximate surface area is 97.7 Å². The van der Waals surface area contributed by atoms with Gasteiger partial charge in [0.15, 0.2) is 5.69 Å². The van der Waals surface area contributed by atoms with Crippen molar-refractivity contribution in [2.24, 2.45) is 5.73 Å². The van der Waals surface area contributed by atoms with Crippen LogP contribution < -0.4 is 5.73 Å². The van der Waals surface area contributed by atoms with E-state index in [0.29, 0.717) is 30.5 Å². The summed E-state index contributed by atoms with van der Waals surface area (Å²) in [4.78, 5) is 4.17. The fraction of sp³-hybridized carbons (Fsp3) is 0.556. The highest BCUT2D eigenvalue weighted by Crippen LogP contribution is 2.17. The van der Waals surface area contributed by atoms with Gasteiger partial charge in [-0.2, -0.15) is 4.98 Å². The van der Waals surface area contributed by atoms with E-state index in [-0.39, 0.29) is 6.10 Å². The van der Waals surface area contributed by atoms with Crippen LogP contribution in [0.15, 0.2) is 10.7 Å². The highest BCUT2D eigenvalue weighted by atomic mass is 16.5. The van der Waals surface area contributed by atoms with E-state index in [1.165, 1.54) is 0 Å². The van der Waals surface area contributed by atoms with Crippen LogP contribution in [0.5, 0.6) is 0 Å². The molecule has 0 amide bonds. The number of hydrogen-bond donors (Lipinski definition) is 1. The van der Waals surface area contributed by atoms with Crippen molar-refractivity contribution in [3.8, 4) is 11.6 Å². The predicted molar refractivity (Wildman–Crippen MR) is 57.8 cm³/mol. The first-order valence-electron chi connectivity index (χ1n) is 5.21. The van der Waals surface area contributed by atoms with Crippen molar-refractivity contribution >= 4 is 0 Å². The molecule has 8 heteroatoms. The van der Waals surface area contributed by atoms with Crippen LogP contribution in [0.1, 0.15) is 18.9 Å². The Morgan fingerprint density at radius 2 is 2.41 bits per heavy atom. The maximum absolute atomic E-state index is 5.41. The summed E-state index contributed by atoms with van der Waals surface area (Å²) in [6.45, 7) is 2.93. The summed E-state index contributed by atoms with van der Waals surface area (Å²) < 4.78 is 11.8. The van der Waals surface area contributed by atoms with Gasteiger partial charge in [0.2, 0.25) is 5.82 Å². The number of nitrogens with zero attached hydrogens (tertiary/aromatic N) is 5. The molecule has 0 saturated heterocycles. The minimum absolute atomic E-state index is 0.216. The third-order valence-electron chi connectivity index (χ3n) is 2.27. The normalized spacial score (nSPS) is 12.9. The first kappa shape index (κ1) is 11.7. The summed E-state index contributed by atoms with van der Waals surface area (Å²) in [5.41, 5.74) is 5.94. The Morgan fingerprint density at radius 3 is 3.12 bits per heavy atom. The summed E-state index contributed by atoms with van der Waals surface area (Å²) in [5.74, 6) is 0.808. The van der Waals surface area contributed by atoms with Gasteiger partial charge in [0, 0.05) is 13.7 Å². The van der Waals surface area contributed by atoms with Crippen LogP contribution >= 0.6 is 0 Å². The van der Waals surface area contributed by atoms with Crippen LogP contribution in [0.3, 0.4) is 0 Å². The van der Waals surface area contributed by atoms with Gasteiger partial charge in [0.25, 0.3) is 5.89 Å². The van der Waals surface area contributed by atoms with Crippen molar-refractivity contribution < 1.29 is 9.26 Å². The molecule has 2 aromatic rings. The summed E-state index contributed by atoms with van der Waals surface area (Å²) in [5, 5.41) is 11.6. The number of aromatic nitrogens is 5. The molecular weight excluding hydrogens is 224 g/mol. The largest absolute Gasteiger partial charge is 0.374 e. The third kappa shape index (κ3) is 2.48. The second-order valence-corrected chi connectivity index (χ2v) is 3.49. The van der Waals surface area contributed by atoms with Gasteiger partial charge in [-0.15, -0.1) is 5.10 Å². The van der Waals surface area contributed by atoms with Gasteiger partial charge in [-0.05, 0) is 6.92 Å². The lowest BCUT2D eigenvalue weighted by Crippen LogP contribution is -2.10. The molecular formula is C9H14N6O2. The quantitative estimate of drug-likeness (QED) is 0.781. The minimum atomic E-state index is -0.216. The maximum Gasteiger partial charge on any atom is 0.280 e. The molecule has 2 rings (SSSR count). The second-order valence-electron chi connectivity index (χ2n) is 3.49. The number of hydrogen-bond acceptors (Lipinski definition) is 7. The van der Waals surface area contributed by atoms with Crippen molar-refractivity contribution in [2.75, 3.05) is 13.7 Å². The summed E-state index contributed by atoms with van der Waals surface area (Å²) in [6.07, 6.45) is 1.49. The van der Waals surface area contributed by atoms with E-state index >= 15 is 0 Å².